The highest BCUT2D eigenvalue weighted by atomic mass is 16.5. The van der Waals surface area contributed by atoms with Crippen molar-refractivity contribution in [3.05, 3.63) is 0 Å². The molecule has 1 N–H and O–H groups in total. The molecule has 0 aliphatic carbocycles. The zero-order valence-electron chi connectivity index (χ0n) is 12.7. The quantitative estimate of drug-likeness (QED) is 0.608. The van der Waals surface area contributed by atoms with Crippen molar-refractivity contribution in [2.75, 3.05) is 33.3 Å². The molecule has 0 saturated carbocycles. The smallest absolute Gasteiger partial charge is 0.324 e. The molecule has 18 heavy (non-hydrogen) atoms. The predicted molar refractivity (Wildman–Crippen MR) is 75.7 cm³/mol. The van der Waals surface area contributed by atoms with Gasteiger partial charge in [-0.15, -0.1) is 0 Å². The minimum absolute atomic E-state index is 0.167. The lowest BCUT2D eigenvalue weighted by molar-refractivity contribution is -0.143. The molecule has 0 aliphatic heterocycles. The van der Waals surface area contributed by atoms with Gasteiger partial charge in [-0.25, -0.2) is 0 Å². The monoisotopic (exact) mass is 258 g/mol. The summed E-state index contributed by atoms with van der Waals surface area (Å²) in [6.07, 6.45) is 2.38. The maximum absolute atomic E-state index is 11.7. The molecule has 1 atom stereocenters. The van der Waals surface area contributed by atoms with E-state index in [4.69, 9.17) is 4.74 Å². The minimum Gasteiger partial charge on any atom is -0.468 e. The Balaban J connectivity index is 4.40. The largest absolute Gasteiger partial charge is 0.468 e. The molecule has 0 aliphatic rings. The molecular formula is C14H30N2O2. The number of carbonyl (C=O) groups excluding carboxylic acids is 1. The summed E-state index contributed by atoms with van der Waals surface area (Å²) in [5.74, 6) is 0.546. The topological polar surface area (TPSA) is 41.6 Å². The molecule has 0 aromatic carbocycles. The Bertz CT molecular complexity index is 218. The summed E-state index contributed by atoms with van der Waals surface area (Å²) in [7, 11) is 1.45. The summed E-state index contributed by atoms with van der Waals surface area (Å²) < 4.78 is 4.84. The van der Waals surface area contributed by atoms with Crippen molar-refractivity contribution in [2.45, 2.75) is 46.6 Å². The molecule has 108 valence electrons. The highest BCUT2D eigenvalue weighted by molar-refractivity contribution is 5.75. The van der Waals surface area contributed by atoms with Gasteiger partial charge in [0.25, 0.3) is 0 Å². The Labute approximate surface area is 112 Å². The van der Waals surface area contributed by atoms with Crippen LogP contribution in [0.1, 0.15) is 40.5 Å². The lowest BCUT2D eigenvalue weighted by Gasteiger charge is -2.28. The normalized spacial score (nSPS) is 13.1. The summed E-state index contributed by atoms with van der Waals surface area (Å²) in [4.78, 5) is 14.0. The second-order valence-electron chi connectivity index (χ2n) is 4.67. The number of nitrogens with one attached hydrogen (secondary N) is 1. The summed E-state index contributed by atoms with van der Waals surface area (Å²) in [6.45, 7) is 12.1. The molecule has 4 nitrogen and oxygen atoms in total. The Morgan fingerprint density at radius 1 is 1.17 bits per heavy atom. The first-order valence-corrected chi connectivity index (χ1v) is 7.16. The maximum atomic E-state index is 11.7. The Hall–Kier alpha value is -0.610. The van der Waals surface area contributed by atoms with E-state index in [0.717, 1.165) is 26.2 Å². The van der Waals surface area contributed by atoms with Crippen molar-refractivity contribution in [2.24, 2.45) is 5.92 Å². The minimum atomic E-state index is -0.214. The van der Waals surface area contributed by atoms with E-state index in [2.05, 4.69) is 31.0 Å². The fourth-order valence-electron chi connectivity index (χ4n) is 2.11. The lowest BCUT2D eigenvalue weighted by Crippen LogP contribution is -2.47. The molecule has 0 aromatic rings. The third-order valence-electron chi connectivity index (χ3n) is 3.50. The molecule has 1 unspecified atom stereocenters. The van der Waals surface area contributed by atoms with Crippen LogP contribution in [-0.4, -0.2) is 50.2 Å². The van der Waals surface area contributed by atoms with Crippen molar-refractivity contribution in [3.63, 3.8) is 0 Å². The summed E-state index contributed by atoms with van der Waals surface area (Å²) in [5, 5.41) is 3.19. The number of hydrogen-bond donors (Lipinski definition) is 1. The second-order valence-corrected chi connectivity index (χ2v) is 4.67. The van der Waals surface area contributed by atoms with E-state index in [-0.39, 0.29) is 12.0 Å². The van der Waals surface area contributed by atoms with Gasteiger partial charge in [0.15, 0.2) is 0 Å². The number of hydrogen-bond acceptors (Lipinski definition) is 4. The average Bonchev–Trinajstić information content (AvgIpc) is 2.41. The first kappa shape index (κ1) is 17.4. The van der Waals surface area contributed by atoms with E-state index in [0.29, 0.717) is 5.92 Å². The zero-order chi connectivity index (χ0) is 14.0. The molecule has 0 amide bonds. The van der Waals surface area contributed by atoms with Crippen LogP contribution in [0.15, 0.2) is 0 Å². The van der Waals surface area contributed by atoms with Gasteiger partial charge in [0, 0.05) is 13.1 Å². The van der Waals surface area contributed by atoms with Crippen LogP contribution in [0.5, 0.6) is 0 Å². The van der Waals surface area contributed by atoms with Crippen molar-refractivity contribution < 1.29 is 9.53 Å². The number of methoxy groups -OCH3 is 1. The second kappa shape index (κ2) is 10.3. The van der Waals surface area contributed by atoms with Gasteiger partial charge in [-0.2, -0.15) is 0 Å². The molecule has 4 heteroatoms. The van der Waals surface area contributed by atoms with Crippen molar-refractivity contribution in [1.82, 2.24) is 10.2 Å². The van der Waals surface area contributed by atoms with Crippen LogP contribution in [0.2, 0.25) is 0 Å². The molecule has 0 fully saturated rings. The molecule has 0 radical (unpaired) electrons. The molecule has 0 rings (SSSR count). The van der Waals surface area contributed by atoms with Gasteiger partial charge in [0.1, 0.15) is 6.04 Å². The SMILES string of the molecule is CCNC(CN(CC)CC(CC)CC)C(=O)OC. The van der Waals surface area contributed by atoms with Crippen LogP contribution in [0.25, 0.3) is 0 Å². The molecule has 0 bridgehead atoms. The number of ether oxygens (including phenoxy) is 1. The van der Waals surface area contributed by atoms with Crippen LogP contribution in [0, 0.1) is 5.92 Å². The zero-order valence-corrected chi connectivity index (χ0v) is 12.7. The third kappa shape index (κ3) is 6.36. The van der Waals surface area contributed by atoms with Crippen LogP contribution < -0.4 is 5.32 Å². The number of likely N-dealkylation sites (N-methyl/N-ethyl adjacent to an activating group) is 2. The molecule has 0 saturated heterocycles. The van der Waals surface area contributed by atoms with Crippen molar-refractivity contribution >= 4 is 5.97 Å². The van der Waals surface area contributed by atoms with Crippen LogP contribution in [-0.2, 0) is 9.53 Å². The Kier molecular flexibility index (Phi) is 9.98. The van der Waals surface area contributed by atoms with Gasteiger partial charge in [0.05, 0.1) is 7.11 Å². The highest BCUT2D eigenvalue weighted by Crippen LogP contribution is 2.10. The average molecular weight is 258 g/mol. The standard InChI is InChI=1S/C14H30N2O2/c1-6-12(7-2)10-16(9-4)11-13(15-8-3)14(17)18-5/h12-13,15H,6-11H2,1-5H3. The highest BCUT2D eigenvalue weighted by Gasteiger charge is 2.21. The maximum Gasteiger partial charge on any atom is 0.324 e. The lowest BCUT2D eigenvalue weighted by atomic mass is 10.0. The first-order chi connectivity index (χ1) is 8.62. The van der Waals surface area contributed by atoms with Crippen LogP contribution in [0.3, 0.4) is 0 Å². The van der Waals surface area contributed by atoms with Gasteiger partial charge in [-0.1, -0.05) is 40.5 Å². The number of carbonyl (C=O) groups is 1. The fourth-order valence-corrected chi connectivity index (χ4v) is 2.11. The number of esters is 1. The third-order valence-corrected chi connectivity index (χ3v) is 3.50. The van der Waals surface area contributed by atoms with Crippen molar-refractivity contribution in [1.29, 1.82) is 0 Å². The summed E-state index contributed by atoms with van der Waals surface area (Å²) in [6, 6.07) is -0.214. The molecular weight excluding hydrogens is 228 g/mol. The van der Waals surface area contributed by atoms with E-state index in [9.17, 15) is 4.79 Å². The van der Waals surface area contributed by atoms with Gasteiger partial charge in [-0.05, 0) is 19.0 Å². The van der Waals surface area contributed by atoms with E-state index >= 15 is 0 Å². The summed E-state index contributed by atoms with van der Waals surface area (Å²) in [5.41, 5.74) is 0. The van der Waals surface area contributed by atoms with Crippen LogP contribution >= 0.6 is 0 Å². The van der Waals surface area contributed by atoms with E-state index < -0.39 is 0 Å². The van der Waals surface area contributed by atoms with Gasteiger partial charge < -0.3 is 15.0 Å². The van der Waals surface area contributed by atoms with Gasteiger partial charge >= 0.3 is 5.97 Å². The Morgan fingerprint density at radius 2 is 1.78 bits per heavy atom. The molecule has 0 heterocycles. The first-order valence-electron chi connectivity index (χ1n) is 7.16. The number of nitrogens with zero attached hydrogens (tertiary/aromatic N) is 1. The van der Waals surface area contributed by atoms with E-state index in [1.165, 1.54) is 20.0 Å². The Morgan fingerprint density at radius 3 is 2.17 bits per heavy atom. The van der Waals surface area contributed by atoms with Crippen molar-refractivity contribution in [3.8, 4) is 0 Å². The molecule has 0 aromatic heterocycles. The fraction of sp³-hybridized carbons (Fsp3) is 0.929. The van der Waals surface area contributed by atoms with Gasteiger partial charge in [-0.3, -0.25) is 4.79 Å². The van der Waals surface area contributed by atoms with E-state index in [1.807, 2.05) is 6.92 Å². The summed E-state index contributed by atoms with van der Waals surface area (Å²) >= 11 is 0. The number of rotatable bonds is 10. The van der Waals surface area contributed by atoms with Crippen LogP contribution in [0.4, 0.5) is 0 Å². The van der Waals surface area contributed by atoms with E-state index in [1.54, 1.807) is 0 Å². The molecule has 0 spiro atoms. The van der Waals surface area contributed by atoms with Gasteiger partial charge in [0.2, 0.25) is 0 Å². The predicted octanol–water partition coefficient (Wildman–Crippen LogP) is 1.90.